The maximum absolute atomic E-state index is 2.29. The summed E-state index contributed by atoms with van der Waals surface area (Å²) >= 11 is 0. The van der Waals surface area contributed by atoms with Gasteiger partial charge in [-0.3, -0.25) is 0 Å². The molecule has 0 aromatic rings. The van der Waals surface area contributed by atoms with E-state index < -0.39 is 0 Å². The van der Waals surface area contributed by atoms with Crippen LogP contribution in [0.15, 0.2) is 0 Å². The standard InChI is InChI=1S/C14H27/c1-2-3-4-5-6-8-11-14-12-9-7-10-13-14/h2,14H,3-13H2,1H3. The van der Waals surface area contributed by atoms with Crippen molar-refractivity contribution in [1.82, 2.24) is 0 Å². The van der Waals surface area contributed by atoms with E-state index in [0.717, 1.165) is 5.92 Å². The quantitative estimate of drug-likeness (QED) is 0.494. The highest BCUT2D eigenvalue weighted by atomic mass is 14.2. The highest BCUT2D eigenvalue weighted by Crippen LogP contribution is 2.27. The minimum Gasteiger partial charge on any atom is -0.0623 e. The summed E-state index contributed by atoms with van der Waals surface area (Å²) < 4.78 is 0. The van der Waals surface area contributed by atoms with Gasteiger partial charge in [0.05, 0.1) is 0 Å². The molecular formula is C14H27. The van der Waals surface area contributed by atoms with Crippen LogP contribution >= 0.6 is 0 Å². The number of rotatable bonds is 7. The van der Waals surface area contributed by atoms with E-state index in [4.69, 9.17) is 0 Å². The van der Waals surface area contributed by atoms with Gasteiger partial charge in [0, 0.05) is 0 Å². The van der Waals surface area contributed by atoms with Crippen LogP contribution in [-0.4, -0.2) is 0 Å². The Bertz CT molecular complexity index is 111. The Kier molecular flexibility index (Phi) is 7.17. The second-order valence-electron chi connectivity index (χ2n) is 4.90. The number of hydrogen-bond acceptors (Lipinski definition) is 0. The summed E-state index contributed by atoms with van der Waals surface area (Å²) in [5.74, 6) is 1.10. The molecule has 0 aliphatic heterocycles. The lowest BCUT2D eigenvalue weighted by Crippen LogP contribution is -2.05. The van der Waals surface area contributed by atoms with E-state index in [1.807, 2.05) is 0 Å². The van der Waals surface area contributed by atoms with Gasteiger partial charge in [0.25, 0.3) is 0 Å². The van der Waals surface area contributed by atoms with Crippen LogP contribution in [0.2, 0.25) is 0 Å². The predicted molar refractivity (Wildman–Crippen MR) is 64.3 cm³/mol. The average molecular weight is 195 g/mol. The smallest absolute Gasteiger partial charge is 0.0414 e. The van der Waals surface area contributed by atoms with E-state index in [1.165, 1.54) is 70.6 Å². The minimum absolute atomic E-state index is 1.10. The van der Waals surface area contributed by atoms with Gasteiger partial charge in [-0.2, -0.15) is 0 Å². The Labute approximate surface area is 90.5 Å². The van der Waals surface area contributed by atoms with E-state index in [2.05, 4.69) is 13.3 Å². The largest absolute Gasteiger partial charge is 0.0623 e. The lowest BCUT2D eigenvalue weighted by molar-refractivity contribution is 0.328. The zero-order valence-electron chi connectivity index (χ0n) is 9.93. The number of unbranched alkanes of at least 4 members (excludes halogenated alkanes) is 5. The van der Waals surface area contributed by atoms with E-state index in [9.17, 15) is 0 Å². The molecule has 1 rings (SSSR count). The molecule has 0 bridgehead atoms. The summed E-state index contributed by atoms with van der Waals surface area (Å²) in [5.41, 5.74) is 0. The Morgan fingerprint density at radius 3 is 2.36 bits per heavy atom. The third kappa shape index (κ3) is 5.67. The molecule has 1 aliphatic rings. The summed E-state index contributed by atoms with van der Waals surface area (Å²) in [6, 6.07) is 0. The molecule has 0 heterocycles. The second-order valence-corrected chi connectivity index (χ2v) is 4.90. The van der Waals surface area contributed by atoms with Crippen molar-refractivity contribution in [2.45, 2.75) is 77.6 Å². The predicted octanol–water partition coefficient (Wildman–Crippen LogP) is 5.13. The van der Waals surface area contributed by atoms with Crippen LogP contribution in [0.3, 0.4) is 0 Å². The van der Waals surface area contributed by atoms with Gasteiger partial charge in [-0.15, -0.1) is 0 Å². The van der Waals surface area contributed by atoms with Crippen molar-refractivity contribution < 1.29 is 0 Å². The van der Waals surface area contributed by atoms with Crippen LogP contribution in [0, 0.1) is 12.3 Å². The Hall–Kier alpha value is 0. The van der Waals surface area contributed by atoms with Gasteiger partial charge in [-0.25, -0.2) is 0 Å². The zero-order chi connectivity index (χ0) is 10.1. The van der Waals surface area contributed by atoms with E-state index in [1.54, 1.807) is 0 Å². The molecule has 1 radical (unpaired) electrons. The van der Waals surface area contributed by atoms with Crippen LogP contribution in [-0.2, 0) is 0 Å². The molecule has 0 aromatic heterocycles. The van der Waals surface area contributed by atoms with Gasteiger partial charge in [0.1, 0.15) is 0 Å². The third-order valence-corrected chi connectivity index (χ3v) is 3.58. The molecule has 0 amide bonds. The van der Waals surface area contributed by atoms with Gasteiger partial charge in [-0.05, 0) is 12.3 Å². The average Bonchev–Trinajstić information content (AvgIpc) is 2.25. The van der Waals surface area contributed by atoms with Crippen molar-refractivity contribution in [2.75, 3.05) is 0 Å². The fourth-order valence-corrected chi connectivity index (χ4v) is 2.61. The third-order valence-electron chi connectivity index (χ3n) is 3.58. The Morgan fingerprint density at radius 2 is 1.64 bits per heavy atom. The van der Waals surface area contributed by atoms with Crippen molar-refractivity contribution in [3.8, 4) is 0 Å². The van der Waals surface area contributed by atoms with Crippen molar-refractivity contribution in [1.29, 1.82) is 0 Å². The maximum Gasteiger partial charge on any atom is -0.0414 e. The highest BCUT2D eigenvalue weighted by molar-refractivity contribution is 4.65. The van der Waals surface area contributed by atoms with Crippen LogP contribution < -0.4 is 0 Å². The molecule has 0 nitrogen and oxygen atoms in total. The lowest BCUT2D eigenvalue weighted by atomic mass is 9.85. The van der Waals surface area contributed by atoms with Crippen molar-refractivity contribution in [3.63, 3.8) is 0 Å². The monoisotopic (exact) mass is 195 g/mol. The Balaban J connectivity index is 1.82. The molecule has 0 atom stereocenters. The van der Waals surface area contributed by atoms with Crippen molar-refractivity contribution in [2.24, 2.45) is 5.92 Å². The van der Waals surface area contributed by atoms with Gasteiger partial charge in [0.15, 0.2) is 0 Å². The fourth-order valence-electron chi connectivity index (χ4n) is 2.61. The second kappa shape index (κ2) is 8.32. The molecule has 1 aliphatic carbocycles. The van der Waals surface area contributed by atoms with Crippen LogP contribution in [0.25, 0.3) is 0 Å². The molecule has 1 saturated carbocycles. The number of hydrogen-bond donors (Lipinski definition) is 0. The van der Waals surface area contributed by atoms with E-state index in [0.29, 0.717) is 0 Å². The highest BCUT2D eigenvalue weighted by Gasteiger charge is 2.12. The molecule has 83 valence electrons. The first-order valence-corrected chi connectivity index (χ1v) is 6.71. The van der Waals surface area contributed by atoms with Gasteiger partial charge in [0.2, 0.25) is 0 Å². The molecule has 0 N–H and O–H groups in total. The van der Waals surface area contributed by atoms with Crippen LogP contribution in [0.1, 0.15) is 77.6 Å². The summed E-state index contributed by atoms with van der Waals surface area (Å²) in [5, 5.41) is 0. The van der Waals surface area contributed by atoms with Gasteiger partial charge < -0.3 is 0 Å². The molecule has 1 fully saturated rings. The van der Waals surface area contributed by atoms with E-state index >= 15 is 0 Å². The lowest BCUT2D eigenvalue weighted by Gasteiger charge is -2.21. The first kappa shape index (κ1) is 12.1. The summed E-state index contributed by atoms with van der Waals surface area (Å²) in [7, 11) is 0. The normalized spacial score (nSPS) is 18.6. The molecule has 0 saturated heterocycles. The van der Waals surface area contributed by atoms with Crippen molar-refractivity contribution >= 4 is 0 Å². The van der Waals surface area contributed by atoms with Crippen molar-refractivity contribution in [3.05, 3.63) is 6.42 Å². The van der Waals surface area contributed by atoms with Gasteiger partial charge in [-0.1, -0.05) is 77.6 Å². The van der Waals surface area contributed by atoms with E-state index in [-0.39, 0.29) is 0 Å². The first-order chi connectivity index (χ1) is 6.93. The molecule has 0 unspecified atom stereocenters. The molecule has 14 heavy (non-hydrogen) atoms. The summed E-state index contributed by atoms with van der Waals surface area (Å²) in [6.45, 7) is 2.17. The molecule has 0 heteroatoms. The van der Waals surface area contributed by atoms with Crippen LogP contribution in [0.4, 0.5) is 0 Å². The van der Waals surface area contributed by atoms with Crippen LogP contribution in [0.5, 0.6) is 0 Å². The fraction of sp³-hybridized carbons (Fsp3) is 0.929. The summed E-state index contributed by atoms with van der Waals surface area (Å²) in [4.78, 5) is 0. The molecular weight excluding hydrogens is 168 g/mol. The Morgan fingerprint density at radius 1 is 0.929 bits per heavy atom. The minimum atomic E-state index is 1.10. The topological polar surface area (TPSA) is 0 Å². The molecule has 0 aromatic carbocycles. The zero-order valence-corrected chi connectivity index (χ0v) is 9.93. The maximum atomic E-state index is 2.29. The SMILES string of the molecule is C[CH]CCCCCCC1CCCCC1. The first-order valence-electron chi connectivity index (χ1n) is 6.71. The molecule has 0 spiro atoms. The summed E-state index contributed by atoms with van der Waals surface area (Å²) in [6.07, 6.45) is 18.6. The van der Waals surface area contributed by atoms with Gasteiger partial charge >= 0.3 is 0 Å².